The van der Waals surface area contributed by atoms with Crippen molar-refractivity contribution in [3.63, 3.8) is 0 Å². The molecule has 0 N–H and O–H groups in total. The number of aryl methyl sites for hydroxylation is 1. The molecular weight excluding hydrogens is 220 g/mol. The van der Waals surface area contributed by atoms with Gasteiger partial charge >= 0.3 is 0 Å². The molecule has 84 valence electrons. The van der Waals surface area contributed by atoms with Gasteiger partial charge in [0.05, 0.1) is 12.6 Å². The third-order valence-corrected chi connectivity index (χ3v) is 4.08. The minimum atomic E-state index is -0.695. The molecule has 1 aromatic rings. The molecular formula is C12H14N2OS. The fraction of sp³-hybridized carbons (Fsp3) is 0.500. The van der Waals surface area contributed by atoms with Crippen molar-refractivity contribution in [2.45, 2.75) is 26.3 Å². The lowest BCUT2D eigenvalue weighted by Gasteiger charge is -2.19. The third kappa shape index (κ3) is 1.83. The summed E-state index contributed by atoms with van der Waals surface area (Å²) in [4.78, 5) is 14.9. The number of amides is 1. The Balaban J connectivity index is 2.05. The maximum Gasteiger partial charge on any atom is 0.243 e. The molecule has 0 aliphatic heterocycles. The lowest BCUT2D eigenvalue weighted by Crippen LogP contribution is -2.32. The molecule has 2 rings (SSSR count). The first-order chi connectivity index (χ1) is 7.59. The summed E-state index contributed by atoms with van der Waals surface area (Å²) >= 11 is 1.66. The summed E-state index contributed by atoms with van der Waals surface area (Å²) in [6.07, 6.45) is 1.44. The molecule has 0 spiro atoms. The van der Waals surface area contributed by atoms with E-state index in [9.17, 15) is 4.79 Å². The van der Waals surface area contributed by atoms with Crippen LogP contribution in [-0.2, 0) is 11.3 Å². The number of carbonyl (C=O) groups is 1. The van der Waals surface area contributed by atoms with Gasteiger partial charge in [-0.25, -0.2) is 0 Å². The topological polar surface area (TPSA) is 44.1 Å². The molecule has 4 heteroatoms. The summed E-state index contributed by atoms with van der Waals surface area (Å²) in [5.74, 6) is -0.0252. The average molecular weight is 234 g/mol. The number of rotatable bonds is 3. The highest BCUT2D eigenvalue weighted by atomic mass is 32.1. The minimum Gasteiger partial charge on any atom is -0.339 e. The fourth-order valence-electron chi connectivity index (χ4n) is 1.72. The van der Waals surface area contributed by atoms with Gasteiger partial charge in [-0.15, -0.1) is 11.3 Å². The predicted octanol–water partition coefficient (Wildman–Crippen LogP) is 2.32. The van der Waals surface area contributed by atoms with Gasteiger partial charge in [-0.05, 0) is 36.8 Å². The Morgan fingerprint density at radius 2 is 2.38 bits per heavy atom. The van der Waals surface area contributed by atoms with Gasteiger partial charge in [0.2, 0.25) is 5.91 Å². The molecule has 3 nitrogen and oxygen atoms in total. The fourth-order valence-corrected chi connectivity index (χ4v) is 2.68. The van der Waals surface area contributed by atoms with E-state index in [0.717, 1.165) is 12.8 Å². The molecule has 1 saturated carbocycles. The van der Waals surface area contributed by atoms with Crippen LogP contribution in [0.5, 0.6) is 0 Å². The Labute approximate surface area is 99.3 Å². The van der Waals surface area contributed by atoms with Crippen LogP contribution in [0.3, 0.4) is 0 Å². The normalized spacial score (nSPS) is 16.6. The molecule has 16 heavy (non-hydrogen) atoms. The van der Waals surface area contributed by atoms with Crippen LogP contribution in [-0.4, -0.2) is 17.9 Å². The van der Waals surface area contributed by atoms with Gasteiger partial charge in [0.15, 0.2) is 0 Å². The number of thiophene rings is 1. The number of hydrogen-bond acceptors (Lipinski definition) is 3. The summed E-state index contributed by atoms with van der Waals surface area (Å²) in [6, 6.07) is 4.19. The molecule has 0 saturated heterocycles. The van der Waals surface area contributed by atoms with Crippen LogP contribution in [0, 0.1) is 23.7 Å². The Bertz CT molecular complexity index is 454. The van der Waals surface area contributed by atoms with Crippen LogP contribution >= 0.6 is 11.3 Å². The highest BCUT2D eigenvalue weighted by Crippen LogP contribution is 2.46. The van der Waals surface area contributed by atoms with E-state index in [2.05, 4.69) is 12.1 Å². The summed E-state index contributed by atoms with van der Waals surface area (Å²) in [5.41, 5.74) is 0.520. The molecule has 0 aromatic carbocycles. The first-order valence-corrected chi connectivity index (χ1v) is 6.17. The Kier molecular flexibility index (Phi) is 2.73. The van der Waals surface area contributed by atoms with Crippen molar-refractivity contribution in [1.82, 2.24) is 4.90 Å². The maximum atomic E-state index is 12.0. The van der Waals surface area contributed by atoms with Crippen LogP contribution in [0.15, 0.2) is 11.4 Å². The zero-order valence-corrected chi connectivity index (χ0v) is 10.3. The number of carbonyl (C=O) groups excluding carboxylic acids is 1. The van der Waals surface area contributed by atoms with E-state index in [4.69, 9.17) is 5.26 Å². The monoisotopic (exact) mass is 234 g/mol. The first kappa shape index (κ1) is 11.2. The molecule has 1 aliphatic rings. The average Bonchev–Trinajstić information content (AvgIpc) is 2.99. The second-order valence-corrected chi connectivity index (χ2v) is 5.38. The molecule has 1 fully saturated rings. The van der Waals surface area contributed by atoms with Gasteiger partial charge in [-0.1, -0.05) is 0 Å². The van der Waals surface area contributed by atoms with Crippen molar-refractivity contribution in [2.24, 2.45) is 5.41 Å². The largest absolute Gasteiger partial charge is 0.339 e. The van der Waals surface area contributed by atoms with Gasteiger partial charge < -0.3 is 4.90 Å². The highest BCUT2D eigenvalue weighted by Gasteiger charge is 2.51. The van der Waals surface area contributed by atoms with E-state index in [1.165, 1.54) is 10.4 Å². The summed E-state index contributed by atoms with van der Waals surface area (Å²) in [6.45, 7) is 2.66. The highest BCUT2D eigenvalue weighted by molar-refractivity contribution is 7.10. The molecule has 1 heterocycles. The Morgan fingerprint density at radius 3 is 2.81 bits per heavy atom. The molecule has 1 amide bonds. The maximum absolute atomic E-state index is 12.0. The lowest BCUT2D eigenvalue weighted by molar-refractivity contribution is -0.134. The van der Waals surface area contributed by atoms with Crippen LogP contribution in [0.25, 0.3) is 0 Å². The van der Waals surface area contributed by atoms with E-state index < -0.39 is 5.41 Å². The molecule has 0 bridgehead atoms. The van der Waals surface area contributed by atoms with Gasteiger partial charge in [-0.3, -0.25) is 4.79 Å². The van der Waals surface area contributed by atoms with Crippen LogP contribution in [0.4, 0.5) is 0 Å². The van der Waals surface area contributed by atoms with Crippen molar-refractivity contribution in [3.8, 4) is 6.07 Å². The molecule has 1 aliphatic carbocycles. The van der Waals surface area contributed by atoms with Crippen molar-refractivity contribution in [1.29, 1.82) is 5.26 Å². The quantitative estimate of drug-likeness (QED) is 0.805. The van der Waals surface area contributed by atoms with Gasteiger partial charge in [0.25, 0.3) is 0 Å². The van der Waals surface area contributed by atoms with E-state index in [0.29, 0.717) is 6.54 Å². The summed E-state index contributed by atoms with van der Waals surface area (Å²) in [5, 5.41) is 11.0. The Morgan fingerprint density at radius 1 is 1.69 bits per heavy atom. The molecule has 0 atom stereocenters. The standard InChI is InChI=1S/C12H14N2OS/c1-9-3-6-16-10(9)7-14(2)11(15)12(8-13)4-5-12/h3,6H,4-5,7H2,1-2H3. The van der Waals surface area contributed by atoms with Gasteiger partial charge in [0.1, 0.15) is 5.41 Å². The van der Waals surface area contributed by atoms with E-state index in [1.54, 1.807) is 23.3 Å². The predicted molar refractivity (Wildman–Crippen MR) is 62.8 cm³/mol. The summed E-state index contributed by atoms with van der Waals surface area (Å²) in [7, 11) is 1.78. The van der Waals surface area contributed by atoms with Crippen molar-refractivity contribution >= 4 is 17.2 Å². The van der Waals surface area contributed by atoms with Crippen molar-refractivity contribution in [2.75, 3.05) is 7.05 Å². The number of nitrogens with zero attached hydrogens (tertiary/aromatic N) is 2. The van der Waals surface area contributed by atoms with E-state index in [-0.39, 0.29) is 5.91 Å². The van der Waals surface area contributed by atoms with Gasteiger partial charge in [0, 0.05) is 11.9 Å². The van der Waals surface area contributed by atoms with Gasteiger partial charge in [-0.2, -0.15) is 5.26 Å². The number of hydrogen-bond donors (Lipinski definition) is 0. The summed E-state index contributed by atoms with van der Waals surface area (Å²) < 4.78 is 0. The molecule has 1 aromatic heterocycles. The molecule has 0 radical (unpaired) electrons. The Hall–Kier alpha value is -1.34. The lowest BCUT2D eigenvalue weighted by atomic mass is 10.1. The number of nitriles is 1. The van der Waals surface area contributed by atoms with Crippen LogP contribution in [0.1, 0.15) is 23.3 Å². The first-order valence-electron chi connectivity index (χ1n) is 5.29. The third-order valence-electron chi connectivity index (χ3n) is 3.07. The molecule has 0 unspecified atom stereocenters. The van der Waals surface area contributed by atoms with E-state index >= 15 is 0 Å². The van der Waals surface area contributed by atoms with E-state index in [1.807, 2.05) is 12.3 Å². The van der Waals surface area contributed by atoms with Crippen molar-refractivity contribution < 1.29 is 4.79 Å². The van der Waals surface area contributed by atoms with Crippen molar-refractivity contribution in [3.05, 3.63) is 21.9 Å². The smallest absolute Gasteiger partial charge is 0.243 e. The zero-order valence-electron chi connectivity index (χ0n) is 9.49. The van der Waals surface area contributed by atoms with Crippen LogP contribution in [0.2, 0.25) is 0 Å². The minimum absolute atomic E-state index is 0.0252. The SMILES string of the molecule is Cc1ccsc1CN(C)C(=O)C1(C#N)CC1. The zero-order chi connectivity index (χ0) is 11.8. The van der Waals surface area contributed by atoms with Crippen LogP contribution < -0.4 is 0 Å². The second kappa shape index (κ2) is 3.91. The second-order valence-electron chi connectivity index (χ2n) is 4.38.